The zero-order valence-electron chi connectivity index (χ0n) is 13.3. The molecule has 0 bridgehead atoms. The van der Waals surface area contributed by atoms with E-state index in [-0.39, 0.29) is 5.82 Å². The summed E-state index contributed by atoms with van der Waals surface area (Å²) in [6.07, 6.45) is 1.00. The zero-order chi connectivity index (χ0) is 15.9. The van der Waals surface area contributed by atoms with Crippen LogP contribution in [0.15, 0.2) is 40.7 Å². The van der Waals surface area contributed by atoms with E-state index in [1.807, 2.05) is 13.1 Å². The summed E-state index contributed by atoms with van der Waals surface area (Å²) in [5.74, 6) is 0.680. The van der Waals surface area contributed by atoms with Gasteiger partial charge in [0.25, 0.3) is 0 Å². The molecule has 0 spiro atoms. The second-order valence-corrected chi connectivity index (χ2v) is 6.27. The van der Waals surface area contributed by atoms with E-state index < -0.39 is 0 Å². The molecule has 2 rings (SSSR count). The van der Waals surface area contributed by atoms with Crippen LogP contribution in [0.2, 0.25) is 0 Å². The lowest BCUT2D eigenvalue weighted by Gasteiger charge is -2.22. The maximum Gasteiger partial charge on any atom is 0.193 e. The number of likely N-dealkylation sites (N-methyl/N-ethyl adjacent to an activating group) is 1. The van der Waals surface area contributed by atoms with E-state index in [4.69, 9.17) is 0 Å². The minimum Gasteiger partial charge on any atom is -0.352 e. The summed E-state index contributed by atoms with van der Waals surface area (Å²) >= 11 is 1.77. The van der Waals surface area contributed by atoms with Crippen molar-refractivity contribution in [1.29, 1.82) is 0 Å². The molecular formula is C17H22FN3S. The normalized spacial score (nSPS) is 11.5. The first-order valence-electron chi connectivity index (χ1n) is 7.29. The third kappa shape index (κ3) is 4.56. The number of hydrogen-bond acceptors (Lipinski definition) is 2. The molecule has 2 aromatic rings. The van der Waals surface area contributed by atoms with Crippen LogP contribution in [0, 0.1) is 12.7 Å². The maximum atomic E-state index is 13.3. The number of benzene rings is 1. The molecular weight excluding hydrogens is 297 g/mol. The average molecular weight is 319 g/mol. The highest BCUT2D eigenvalue weighted by Gasteiger charge is 2.07. The van der Waals surface area contributed by atoms with Crippen molar-refractivity contribution in [2.75, 3.05) is 20.6 Å². The Morgan fingerprint density at radius 1 is 1.36 bits per heavy atom. The summed E-state index contributed by atoms with van der Waals surface area (Å²) in [5.41, 5.74) is 1.71. The van der Waals surface area contributed by atoms with Gasteiger partial charge in [0.15, 0.2) is 5.96 Å². The second-order valence-electron chi connectivity index (χ2n) is 5.24. The third-order valence-electron chi connectivity index (χ3n) is 3.52. The quantitative estimate of drug-likeness (QED) is 0.675. The van der Waals surface area contributed by atoms with Crippen molar-refractivity contribution >= 4 is 17.3 Å². The van der Waals surface area contributed by atoms with Gasteiger partial charge < -0.3 is 10.2 Å². The molecule has 22 heavy (non-hydrogen) atoms. The molecule has 0 amide bonds. The first kappa shape index (κ1) is 16.5. The van der Waals surface area contributed by atoms with E-state index in [9.17, 15) is 4.39 Å². The summed E-state index contributed by atoms with van der Waals surface area (Å²) in [6, 6.07) is 9.39. The van der Waals surface area contributed by atoms with Crippen LogP contribution in [0.5, 0.6) is 0 Å². The molecule has 0 aliphatic heterocycles. The van der Waals surface area contributed by atoms with Crippen molar-refractivity contribution in [3.63, 3.8) is 0 Å². The standard InChI is InChI=1S/C17H22FN3S/c1-13-11-14(6-7-16(13)18)12-20-17(19-2)21(3)9-8-15-5-4-10-22-15/h4-7,10-11H,8-9,12H2,1-3H3,(H,19,20). The number of thiophene rings is 1. The Balaban J connectivity index is 1.87. The van der Waals surface area contributed by atoms with Crippen molar-refractivity contribution in [3.05, 3.63) is 57.5 Å². The van der Waals surface area contributed by atoms with Gasteiger partial charge in [-0.25, -0.2) is 4.39 Å². The van der Waals surface area contributed by atoms with Crippen LogP contribution in [0.25, 0.3) is 0 Å². The lowest BCUT2D eigenvalue weighted by molar-refractivity contribution is 0.486. The lowest BCUT2D eigenvalue weighted by atomic mass is 10.1. The third-order valence-corrected chi connectivity index (χ3v) is 4.46. The molecule has 0 unspecified atom stereocenters. The van der Waals surface area contributed by atoms with Gasteiger partial charge >= 0.3 is 0 Å². The van der Waals surface area contributed by atoms with Gasteiger partial charge in [-0.3, -0.25) is 4.99 Å². The van der Waals surface area contributed by atoms with Gasteiger partial charge in [-0.05, 0) is 42.0 Å². The second kappa shape index (κ2) is 7.94. The highest BCUT2D eigenvalue weighted by atomic mass is 32.1. The fourth-order valence-corrected chi connectivity index (χ4v) is 2.92. The van der Waals surface area contributed by atoms with Gasteiger partial charge in [0.1, 0.15) is 5.82 Å². The molecule has 0 radical (unpaired) electrons. The molecule has 118 valence electrons. The van der Waals surface area contributed by atoms with E-state index in [1.165, 1.54) is 10.9 Å². The summed E-state index contributed by atoms with van der Waals surface area (Å²) in [7, 11) is 3.80. The molecule has 0 saturated heterocycles. The zero-order valence-corrected chi connectivity index (χ0v) is 14.1. The largest absolute Gasteiger partial charge is 0.352 e. The number of halogens is 1. The number of aliphatic imine (C=N–C) groups is 1. The maximum absolute atomic E-state index is 13.3. The fraction of sp³-hybridized carbons (Fsp3) is 0.353. The van der Waals surface area contributed by atoms with Crippen LogP contribution < -0.4 is 5.32 Å². The van der Waals surface area contributed by atoms with Gasteiger partial charge in [0.05, 0.1) is 0 Å². The minimum atomic E-state index is -0.166. The Bertz CT molecular complexity index is 623. The molecule has 1 aromatic heterocycles. The Kier molecular flexibility index (Phi) is 5.95. The van der Waals surface area contributed by atoms with Crippen LogP contribution in [-0.4, -0.2) is 31.5 Å². The predicted octanol–water partition coefficient (Wildman–Crippen LogP) is 3.45. The molecule has 0 saturated carbocycles. The Labute approximate surface area is 135 Å². The Hall–Kier alpha value is -1.88. The summed E-state index contributed by atoms with van der Waals surface area (Å²) in [6.45, 7) is 3.32. The summed E-state index contributed by atoms with van der Waals surface area (Å²) in [4.78, 5) is 7.78. The van der Waals surface area contributed by atoms with Crippen molar-refractivity contribution in [2.24, 2.45) is 4.99 Å². The van der Waals surface area contributed by atoms with Crippen molar-refractivity contribution in [2.45, 2.75) is 19.9 Å². The van der Waals surface area contributed by atoms with Crippen LogP contribution in [0.3, 0.4) is 0 Å². The smallest absolute Gasteiger partial charge is 0.193 e. The van der Waals surface area contributed by atoms with Crippen LogP contribution >= 0.6 is 11.3 Å². The van der Waals surface area contributed by atoms with Crippen LogP contribution in [0.1, 0.15) is 16.0 Å². The van der Waals surface area contributed by atoms with Gasteiger partial charge in [-0.1, -0.05) is 18.2 Å². The van der Waals surface area contributed by atoms with Crippen molar-refractivity contribution in [1.82, 2.24) is 10.2 Å². The molecule has 0 fully saturated rings. The molecule has 0 atom stereocenters. The summed E-state index contributed by atoms with van der Waals surface area (Å²) < 4.78 is 13.3. The first-order valence-corrected chi connectivity index (χ1v) is 8.17. The van der Waals surface area contributed by atoms with Gasteiger partial charge in [0, 0.05) is 32.1 Å². The molecule has 5 heteroatoms. The van der Waals surface area contributed by atoms with Gasteiger partial charge in [-0.15, -0.1) is 11.3 Å². The Morgan fingerprint density at radius 3 is 2.82 bits per heavy atom. The highest BCUT2D eigenvalue weighted by Crippen LogP contribution is 2.10. The van der Waals surface area contributed by atoms with E-state index in [1.54, 1.807) is 31.4 Å². The van der Waals surface area contributed by atoms with Gasteiger partial charge in [-0.2, -0.15) is 0 Å². The average Bonchev–Trinajstić information content (AvgIpc) is 3.02. The van der Waals surface area contributed by atoms with Crippen LogP contribution in [0.4, 0.5) is 4.39 Å². The fourth-order valence-electron chi connectivity index (χ4n) is 2.22. The number of guanidine groups is 1. The van der Waals surface area contributed by atoms with E-state index in [0.717, 1.165) is 24.5 Å². The van der Waals surface area contributed by atoms with E-state index in [0.29, 0.717) is 12.1 Å². The minimum absolute atomic E-state index is 0.166. The first-order chi connectivity index (χ1) is 10.6. The number of aryl methyl sites for hydroxylation is 1. The molecule has 0 aliphatic rings. The SMILES string of the molecule is CN=C(NCc1ccc(F)c(C)c1)N(C)CCc1cccs1. The highest BCUT2D eigenvalue weighted by molar-refractivity contribution is 7.09. The summed E-state index contributed by atoms with van der Waals surface area (Å²) in [5, 5.41) is 5.42. The van der Waals surface area contributed by atoms with E-state index in [2.05, 4.69) is 32.7 Å². The number of nitrogens with one attached hydrogen (secondary N) is 1. The number of hydrogen-bond donors (Lipinski definition) is 1. The van der Waals surface area contributed by atoms with Crippen LogP contribution in [-0.2, 0) is 13.0 Å². The van der Waals surface area contributed by atoms with Crippen molar-refractivity contribution < 1.29 is 4.39 Å². The van der Waals surface area contributed by atoms with Gasteiger partial charge in [0.2, 0.25) is 0 Å². The topological polar surface area (TPSA) is 27.6 Å². The van der Waals surface area contributed by atoms with E-state index >= 15 is 0 Å². The molecule has 1 heterocycles. The lowest BCUT2D eigenvalue weighted by Crippen LogP contribution is -2.39. The molecule has 0 aliphatic carbocycles. The molecule has 3 nitrogen and oxygen atoms in total. The number of nitrogens with zero attached hydrogens (tertiary/aromatic N) is 2. The predicted molar refractivity (Wildman–Crippen MR) is 92.0 cm³/mol. The molecule has 1 N–H and O–H groups in total. The number of rotatable bonds is 5. The monoisotopic (exact) mass is 319 g/mol. The molecule has 1 aromatic carbocycles. The van der Waals surface area contributed by atoms with Crippen molar-refractivity contribution in [3.8, 4) is 0 Å². The Morgan fingerprint density at radius 2 is 2.18 bits per heavy atom.